The number of nitrogens with one attached hydrogen (secondary N) is 2. The molecule has 0 radical (unpaired) electrons. The molecule has 104 valence electrons. The number of amides is 2. The van der Waals surface area contributed by atoms with Crippen LogP contribution in [0.25, 0.3) is 0 Å². The number of tetrazole rings is 1. The van der Waals surface area contributed by atoms with Crippen molar-refractivity contribution in [2.24, 2.45) is 0 Å². The Morgan fingerprint density at radius 2 is 2.30 bits per heavy atom. The van der Waals surface area contributed by atoms with Crippen LogP contribution in [0, 0.1) is 0 Å². The van der Waals surface area contributed by atoms with E-state index >= 15 is 0 Å². The smallest absolute Gasteiger partial charge is 0.320 e. The maximum atomic E-state index is 11.9. The molecule has 0 unspecified atom stereocenters. The van der Waals surface area contributed by atoms with Crippen molar-refractivity contribution >= 4 is 11.8 Å². The molecule has 1 aliphatic rings. The predicted molar refractivity (Wildman–Crippen MR) is 70.9 cm³/mol. The molecule has 1 atom stereocenters. The SMILES string of the molecule is C[C@@H](NC(=O)Nc1ccccn1)c1nnnn1C1CC1. The number of carbonyl (C=O) groups excluding carboxylic acids is 1. The Morgan fingerprint density at radius 3 is 3.00 bits per heavy atom. The number of nitrogens with zero attached hydrogens (tertiary/aromatic N) is 5. The van der Waals surface area contributed by atoms with Gasteiger partial charge in [-0.3, -0.25) is 5.32 Å². The number of aromatic nitrogens is 5. The fourth-order valence-electron chi connectivity index (χ4n) is 1.92. The van der Waals surface area contributed by atoms with Gasteiger partial charge in [-0.1, -0.05) is 6.07 Å². The summed E-state index contributed by atoms with van der Waals surface area (Å²) in [5, 5.41) is 17.1. The van der Waals surface area contributed by atoms with Gasteiger partial charge in [0.1, 0.15) is 5.82 Å². The Morgan fingerprint density at radius 1 is 1.45 bits per heavy atom. The summed E-state index contributed by atoms with van der Waals surface area (Å²) < 4.78 is 1.78. The van der Waals surface area contributed by atoms with Crippen LogP contribution < -0.4 is 10.6 Å². The molecule has 2 aromatic heterocycles. The Hall–Kier alpha value is -2.51. The minimum atomic E-state index is -0.332. The predicted octanol–water partition coefficient (Wildman–Crippen LogP) is 1.29. The third kappa shape index (κ3) is 2.73. The molecular formula is C12H15N7O. The van der Waals surface area contributed by atoms with E-state index in [0.29, 0.717) is 17.7 Å². The fourth-order valence-corrected chi connectivity index (χ4v) is 1.92. The molecule has 1 fully saturated rings. The second kappa shape index (κ2) is 5.24. The summed E-state index contributed by atoms with van der Waals surface area (Å²) in [6.45, 7) is 1.85. The van der Waals surface area contributed by atoms with Crippen molar-refractivity contribution in [1.82, 2.24) is 30.5 Å². The van der Waals surface area contributed by atoms with Gasteiger partial charge in [0.25, 0.3) is 0 Å². The number of pyridine rings is 1. The first kappa shape index (κ1) is 12.5. The van der Waals surface area contributed by atoms with E-state index < -0.39 is 0 Å². The molecule has 2 aromatic rings. The molecule has 2 heterocycles. The van der Waals surface area contributed by atoms with Gasteiger partial charge in [-0.25, -0.2) is 14.5 Å². The Bertz CT molecular complexity index is 593. The summed E-state index contributed by atoms with van der Waals surface area (Å²) in [7, 11) is 0. The van der Waals surface area contributed by atoms with Gasteiger partial charge in [0.15, 0.2) is 5.82 Å². The maximum Gasteiger partial charge on any atom is 0.320 e. The van der Waals surface area contributed by atoms with Crippen molar-refractivity contribution in [2.75, 3.05) is 5.32 Å². The molecule has 8 nitrogen and oxygen atoms in total. The van der Waals surface area contributed by atoms with Gasteiger partial charge in [-0.05, 0) is 42.3 Å². The van der Waals surface area contributed by atoms with Crippen LogP contribution in [0.3, 0.4) is 0 Å². The molecule has 20 heavy (non-hydrogen) atoms. The molecule has 1 saturated carbocycles. The van der Waals surface area contributed by atoms with E-state index in [-0.39, 0.29) is 12.1 Å². The van der Waals surface area contributed by atoms with Gasteiger partial charge >= 0.3 is 6.03 Å². The molecule has 0 bridgehead atoms. The maximum absolute atomic E-state index is 11.9. The third-order valence-corrected chi connectivity index (χ3v) is 3.05. The zero-order valence-corrected chi connectivity index (χ0v) is 11.0. The Kier molecular flexibility index (Phi) is 3.28. The van der Waals surface area contributed by atoms with E-state index in [9.17, 15) is 4.79 Å². The molecule has 1 aliphatic carbocycles. The summed E-state index contributed by atoms with van der Waals surface area (Å²) in [5.41, 5.74) is 0. The minimum absolute atomic E-state index is 0.269. The van der Waals surface area contributed by atoms with E-state index in [1.165, 1.54) is 0 Å². The molecular weight excluding hydrogens is 258 g/mol. The Balaban J connectivity index is 1.62. The van der Waals surface area contributed by atoms with Crippen LogP contribution >= 0.6 is 0 Å². The first-order valence-corrected chi connectivity index (χ1v) is 6.50. The summed E-state index contributed by atoms with van der Waals surface area (Å²) >= 11 is 0. The van der Waals surface area contributed by atoms with E-state index in [0.717, 1.165) is 12.8 Å². The molecule has 8 heteroatoms. The molecule has 2 N–H and O–H groups in total. The van der Waals surface area contributed by atoms with Crippen molar-refractivity contribution in [3.05, 3.63) is 30.2 Å². The number of anilines is 1. The lowest BCUT2D eigenvalue weighted by molar-refractivity contribution is 0.248. The van der Waals surface area contributed by atoms with Crippen LogP contribution in [-0.4, -0.2) is 31.2 Å². The number of carbonyl (C=O) groups is 1. The standard InChI is InChI=1S/C12H15N7O/c1-8(11-16-17-18-19(11)9-5-6-9)14-12(20)15-10-4-2-3-7-13-10/h2-4,7-9H,5-6H2,1H3,(H2,13,14,15,20)/t8-/m1/s1. The van der Waals surface area contributed by atoms with Crippen molar-refractivity contribution in [3.8, 4) is 0 Å². The van der Waals surface area contributed by atoms with Crippen molar-refractivity contribution in [2.45, 2.75) is 31.8 Å². The lowest BCUT2D eigenvalue weighted by atomic mass is 10.3. The number of hydrogen-bond donors (Lipinski definition) is 2. The van der Waals surface area contributed by atoms with E-state index in [4.69, 9.17) is 0 Å². The van der Waals surface area contributed by atoms with Gasteiger partial charge in [0.05, 0.1) is 12.1 Å². The monoisotopic (exact) mass is 273 g/mol. The second-order valence-electron chi connectivity index (χ2n) is 4.75. The van der Waals surface area contributed by atoms with Crippen molar-refractivity contribution in [3.63, 3.8) is 0 Å². The third-order valence-electron chi connectivity index (χ3n) is 3.05. The topological polar surface area (TPSA) is 97.6 Å². The zero-order valence-electron chi connectivity index (χ0n) is 11.0. The van der Waals surface area contributed by atoms with Crippen molar-refractivity contribution in [1.29, 1.82) is 0 Å². The van der Waals surface area contributed by atoms with E-state index in [1.807, 2.05) is 6.92 Å². The van der Waals surface area contributed by atoms with Crippen LogP contribution in [0.15, 0.2) is 24.4 Å². The van der Waals surface area contributed by atoms with Gasteiger partial charge in [0.2, 0.25) is 0 Å². The van der Waals surface area contributed by atoms with Crippen LogP contribution in [0.2, 0.25) is 0 Å². The molecule has 2 amide bonds. The Labute approximate surface area is 115 Å². The normalized spacial score (nSPS) is 15.7. The highest BCUT2D eigenvalue weighted by Crippen LogP contribution is 2.35. The number of rotatable bonds is 4. The average Bonchev–Trinajstić information content (AvgIpc) is 3.16. The highest BCUT2D eigenvalue weighted by Gasteiger charge is 2.29. The molecule has 0 spiro atoms. The van der Waals surface area contributed by atoms with E-state index in [1.54, 1.807) is 29.1 Å². The first-order valence-electron chi connectivity index (χ1n) is 6.50. The second-order valence-corrected chi connectivity index (χ2v) is 4.75. The van der Waals surface area contributed by atoms with Crippen LogP contribution in [0.1, 0.15) is 37.7 Å². The zero-order chi connectivity index (χ0) is 13.9. The summed E-state index contributed by atoms with van der Waals surface area (Å²) in [6.07, 6.45) is 3.79. The van der Waals surface area contributed by atoms with Gasteiger partial charge in [-0.15, -0.1) is 5.10 Å². The molecule has 0 aromatic carbocycles. The summed E-state index contributed by atoms with van der Waals surface area (Å²) in [5.74, 6) is 1.17. The summed E-state index contributed by atoms with van der Waals surface area (Å²) in [6, 6.07) is 5.09. The van der Waals surface area contributed by atoms with Gasteiger partial charge in [-0.2, -0.15) is 0 Å². The largest absolute Gasteiger partial charge is 0.328 e. The van der Waals surface area contributed by atoms with Crippen LogP contribution in [0.5, 0.6) is 0 Å². The van der Waals surface area contributed by atoms with E-state index in [2.05, 4.69) is 31.1 Å². The number of hydrogen-bond acceptors (Lipinski definition) is 5. The minimum Gasteiger partial charge on any atom is -0.328 e. The fraction of sp³-hybridized carbons (Fsp3) is 0.417. The highest BCUT2D eigenvalue weighted by molar-refractivity contribution is 5.88. The average molecular weight is 273 g/mol. The van der Waals surface area contributed by atoms with Crippen molar-refractivity contribution < 1.29 is 4.79 Å². The highest BCUT2D eigenvalue weighted by atomic mass is 16.2. The first-order chi connectivity index (χ1) is 9.74. The van der Waals surface area contributed by atoms with Gasteiger partial charge < -0.3 is 5.32 Å². The molecule has 0 saturated heterocycles. The lowest BCUT2D eigenvalue weighted by Gasteiger charge is -2.13. The lowest BCUT2D eigenvalue weighted by Crippen LogP contribution is -2.32. The quantitative estimate of drug-likeness (QED) is 0.874. The molecule has 3 rings (SSSR count). The van der Waals surface area contributed by atoms with Crippen LogP contribution in [-0.2, 0) is 0 Å². The van der Waals surface area contributed by atoms with Crippen LogP contribution in [0.4, 0.5) is 10.6 Å². The summed E-state index contributed by atoms with van der Waals surface area (Å²) in [4.78, 5) is 15.9. The molecule has 0 aliphatic heterocycles. The van der Waals surface area contributed by atoms with Gasteiger partial charge in [0, 0.05) is 6.20 Å². The number of urea groups is 1.